The Morgan fingerprint density at radius 2 is 1.50 bits per heavy atom. The molecule has 2 aromatic rings. The second-order valence-corrected chi connectivity index (χ2v) is 15.1. The van der Waals surface area contributed by atoms with Crippen molar-refractivity contribution in [2.75, 3.05) is 0 Å². The number of aryl methyl sites for hydroxylation is 1. The van der Waals surface area contributed by atoms with Crippen LogP contribution in [0, 0.1) is 6.92 Å². The van der Waals surface area contributed by atoms with Crippen molar-refractivity contribution in [1.29, 1.82) is 0 Å². The minimum atomic E-state index is -1.11. The lowest BCUT2D eigenvalue weighted by molar-refractivity contribution is 1.42. The zero-order valence-corrected chi connectivity index (χ0v) is 14.4. The SMILES string of the molecule is Cc1ccc(C=Nc2ccc(S[Si](C)(C)C)cc2)cc1. The third-order valence-corrected chi connectivity index (χ3v) is 6.37. The van der Waals surface area contributed by atoms with Crippen LogP contribution in [0.5, 0.6) is 0 Å². The minimum Gasteiger partial charge on any atom is -0.256 e. The van der Waals surface area contributed by atoms with E-state index in [9.17, 15) is 0 Å². The van der Waals surface area contributed by atoms with Gasteiger partial charge in [0.15, 0.2) is 0 Å². The highest BCUT2D eigenvalue weighted by molar-refractivity contribution is 8.28. The monoisotopic (exact) mass is 299 g/mol. The van der Waals surface area contributed by atoms with Crippen LogP contribution in [0.2, 0.25) is 19.6 Å². The normalized spacial score (nSPS) is 12.0. The maximum Gasteiger partial charge on any atom is 0.114 e. The first kappa shape index (κ1) is 15.1. The summed E-state index contributed by atoms with van der Waals surface area (Å²) in [6.45, 7) is 9.18. The molecule has 0 saturated heterocycles. The van der Waals surface area contributed by atoms with E-state index in [1.54, 1.807) is 0 Å². The number of nitrogens with zero attached hydrogens (tertiary/aromatic N) is 1. The summed E-state index contributed by atoms with van der Waals surface area (Å²) in [7, 11) is -1.11. The molecule has 0 aliphatic rings. The topological polar surface area (TPSA) is 12.4 Å². The third kappa shape index (κ3) is 4.98. The molecule has 0 spiro atoms. The average Bonchev–Trinajstić information content (AvgIpc) is 2.38. The van der Waals surface area contributed by atoms with Crippen molar-refractivity contribution in [3.8, 4) is 0 Å². The summed E-state index contributed by atoms with van der Waals surface area (Å²) in [5.74, 6) is 0. The lowest BCUT2D eigenvalue weighted by atomic mass is 10.2. The van der Waals surface area contributed by atoms with Gasteiger partial charge in [0, 0.05) is 11.1 Å². The second kappa shape index (κ2) is 6.42. The van der Waals surface area contributed by atoms with Crippen LogP contribution in [0.15, 0.2) is 58.4 Å². The van der Waals surface area contributed by atoms with Crippen molar-refractivity contribution in [2.45, 2.75) is 31.5 Å². The van der Waals surface area contributed by atoms with Crippen molar-refractivity contribution in [2.24, 2.45) is 4.99 Å². The zero-order chi connectivity index (χ0) is 14.6. The van der Waals surface area contributed by atoms with Gasteiger partial charge < -0.3 is 0 Å². The Bertz CT molecular complexity index is 580. The summed E-state index contributed by atoms with van der Waals surface area (Å²) >= 11 is 2.01. The molecule has 0 N–H and O–H groups in total. The van der Waals surface area contributed by atoms with Gasteiger partial charge in [0.1, 0.15) is 7.22 Å². The van der Waals surface area contributed by atoms with Gasteiger partial charge in [0.2, 0.25) is 0 Å². The summed E-state index contributed by atoms with van der Waals surface area (Å²) in [6, 6.07) is 16.9. The van der Waals surface area contributed by atoms with E-state index in [-0.39, 0.29) is 0 Å². The van der Waals surface area contributed by atoms with Crippen LogP contribution < -0.4 is 0 Å². The molecule has 0 amide bonds. The van der Waals surface area contributed by atoms with Crippen molar-refractivity contribution in [3.63, 3.8) is 0 Å². The predicted octanol–water partition coefficient (Wildman–Crippen LogP) is 5.67. The van der Waals surface area contributed by atoms with Crippen LogP contribution in [-0.2, 0) is 0 Å². The van der Waals surface area contributed by atoms with Crippen molar-refractivity contribution in [3.05, 3.63) is 59.7 Å². The van der Waals surface area contributed by atoms with Crippen molar-refractivity contribution in [1.82, 2.24) is 0 Å². The van der Waals surface area contributed by atoms with Crippen molar-refractivity contribution < 1.29 is 0 Å². The number of hydrogen-bond acceptors (Lipinski definition) is 2. The Balaban J connectivity index is 2.05. The third-order valence-electron chi connectivity index (χ3n) is 2.70. The van der Waals surface area contributed by atoms with E-state index in [1.807, 2.05) is 17.4 Å². The van der Waals surface area contributed by atoms with Crippen LogP contribution in [0.4, 0.5) is 5.69 Å². The van der Waals surface area contributed by atoms with E-state index < -0.39 is 7.22 Å². The van der Waals surface area contributed by atoms with E-state index in [0.717, 1.165) is 11.3 Å². The molecule has 0 unspecified atom stereocenters. The molecule has 3 heteroatoms. The lowest BCUT2D eigenvalue weighted by Crippen LogP contribution is -2.13. The van der Waals surface area contributed by atoms with E-state index in [4.69, 9.17) is 0 Å². The van der Waals surface area contributed by atoms with E-state index in [0.29, 0.717) is 0 Å². The van der Waals surface area contributed by atoms with E-state index in [2.05, 4.69) is 80.1 Å². The highest BCUT2D eigenvalue weighted by Gasteiger charge is 2.14. The maximum absolute atomic E-state index is 4.52. The van der Waals surface area contributed by atoms with Crippen LogP contribution >= 0.6 is 11.2 Å². The molecular formula is C17H21NSSi. The summed E-state index contributed by atoms with van der Waals surface area (Å²) in [5.41, 5.74) is 3.41. The Morgan fingerprint density at radius 1 is 0.900 bits per heavy atom. The molecule has 0 bridgehead atoms. The summed E-state index contributed by atoms with van der Waals surface area (Å²) in [5, 5.41) is 0. The number of benzene rings is 2. The maximum atomic E-state index is 4.52. The molecule has 0 aliphatic heterocycles. The van der Waals surface area contributed by atoms with E-state index >= 15 is 0 Å². The van der Waals surface area contributed by atoms with Gasteiger partial charge in [-0.25, -0.2) is 0 Å². The molecule has 0 aliphatic carbocycles. The average molecular weight is 300 g/mol. The van der Waals surface area contributed by atoms with Crippen LogP contribution in [0.3, 0.4) is 0 Å². The standard InChI is InChI=1S/C17H21NSSi/c1-14-5-7-15(8-6-14)13-18-16-9-11-17(12-10-16)19-20(2,3)4/h5-13H,1-4H3. The highest BCUT2D eigenvalue weighted by Crippen LogP contribution is 2.30. The zero-order valence-electron chi connectivity index (χ0n) is 12.6. The molecule has 0 saturated carbocycles. The van der Waals surface area contributed by atoms with Crippen LogP contribution in [0.1, 0.15) is 11.1 Å². The first-order chi connectivity index (χ1) is 9.42. The molecule has 1 nitrogen and oxygen atoms in total. The molecule has 0 heterocycles. The number of aliphatic imine (C=N–C) groups is 1. The molecule has 0 radical (unpaired) electrons. The first-order valence-corrected chi connectivity index (χ1v) is 11.9. The minimum absolute atomic E-state index is 1.01. The summed E-state index contributed by atoms with van der Waals surface area (Å²) in [6.07, 6.45) is 1.92. The molecule has 0 fully saturated rings. The molecule has 0 aromatic heterocycles. The Labute approximate surface area is 126 Å². The first-order valence-electron chi connectivity index (χ1n) is 6.82. The predicted molar refractivity (Wildman–Crippen MR) is 94.1 cm³/mol. The Morgan fingerprint density at radius 3 is 2.05 bits per heavy atom. The molecule has 2 rings (SSSR count). The largest absolute Gasteiger partial charge is 0.256 e. The Kier molecular flexibility index (Phi) is 4.84. The fourth-order valence-corrected chi connectivity index (χ4v) is 5.26. The summed E-state index contributed by atoms with van der Waals surface area (Å²) in [4.78, 5) is 5.87. The van der Waals surface area contributed by atoms with Gasteiger partial charge in [-0.3, -0.25) is 4.99 Å². The summed E-state index contributed by atoms with van der Waals surface area (Å²) < 4.78 is 0. The van der Waals surface area contributed by atoms with Gasteiger partial charge in [-0.15, -0.1) is 0 Å². The van der Waals surface area contributed by atoms with Crippen molar-refractivity contribution >= 4 is 30.3 Å². The van der Waals surface area contributed by atoms with Gasteiger partial charge in [-0.05, 0) is 36.8 Å². The van der Waals surface area contributed by atoms with Gasteiger partial charge in [-0.2, -0.15) is 11.2 Å². The number of rotatable bonds is 4. The molecule has 20 heavy (non-hydrogen) atoms. The quantitative estimate of drug-likeness (QED) is 0.523. The fourth-order valence-electron chi connectivity index (χ4n) is 1.76. The Hall–Kier alpha value is -1.32. The highest BCUT2D eigenvalue weighted by atomic mass is 32.4. The fraction of sp³-hybridized carbons (Fsp3) is 0.235. The van der Waals surface area contributed by atoms with E-state index in [1.165, 1.54) is 10.5 Å². The lowest BCUT2D eigenvalue weighted by Gasteiger charge is -2.14. The van der Waals surface area contributed by atoms with Gasteiger partial charge in [0.25, 0.3) is 0 Å². The van der Waals surface area contributed by atoms with Crippen LogP contribution in [0.25, 0.3) is 0 Å². The molecular weight excluding hydrogens is 278 g/mol. The molecule has 104 valence electrons. The number of hydrogen-bond donors (Lipinski definition) is 0. The molecule has 0 atom stereocenters. The smallest absolute Gasteiger partial charge is 0.114 e. The van der Waals surface area contributed by atoms with Gasteiger partial charge >= 0.3 is 0 Å². The molecule has 2 aromatic carbocycles. The second-order valence-electron chi connectivity index (χ2n) is 5.88. The van der Waals surface area contributed by atoms with Gasteiger partial charge in [0.05, 0.1) is 5.69 Å². The van der Waals surface area contributed by atoms with Gasteiger partial charge in [-0.1, -0.05) is 49.5 Å². The van der Waals surface area contributed by atoms with Crippen LogP contribution in [-0.4, -0.2) is 13.4 Å².